The van der Waals surface area contributed by atoms with Crippen LogP contribution in [0.2, 0.25) is 0 Å². The summed E-state index contributed by atoms with van der Waals surface area (Å²) < 4.78 is 1.13. The van der Waals surface area contributed by atoms with Gasteiger partial charge in [-0.1, -0.05) is 15.9 Å². The molecule has 0 spiro atoms. The van der Waals surface area contributed by atoms with Gasteiger partial charge in [-0.05, 0) is 37.7 Å². The average molecular weight is 253 g/mol. The van der Waals surface area contributed by atoms with Gasteiger partial charge < -0.3 is 10.3 Å². The van der Waals surface area contributed by atoms with E-state index in [9.17, 15) is 0 Å². The lowest BCUT2D eigenvalue weighted by Crippen LogP contribution is -2.10. The van der Waals surface area contributed by atoms with Crippen LogP contribution in [0.5, 0.6) is 0 Å². The molecule has 0 amide bonds. The molecule has 1 aromatic carbocycles. The van der Waals surface area contributed by atoms with Gasteiger partial charge in [0.05, 0.1) is 0 Å². The first-order chi connectivity index (χ1) is 6.79. The molecule has 0 fully saturated rings. The Morgan fingerprint density at radius 2 is 2.21 bits per heavy atom. The monoisotopic (exact) mass is 252 g/mol. The van der Waals surface area contributed by atoms with Gasteiger partial charge in [-0.15, -0.1) is 0 Å². The van der Waals surface area contributed by atoms with Crippen LogP contribution in [0, 0.1) is 0 Å². The number of hydrogen-bond acceptors (Lipinski definition) is 1. The smallest absolute Gasteiger partial charge is 0.0456 e. The lowest BCUT2D eigenvalue weighted by Gasteiger charge is -1.94. The van der Waals surface area contributed by atoms with Gasteiger partial charge >= 0.3 is 0 Å². The molecule has 3 heteroatoms. The van der Waals surface area contributed by atoms with Crippen LogP contribution >= 0.6 is 15.9 Å². The predicted octanol–water partition coefficient (Wildman–Crippen LogP) is 2.69. The Kier molecular flexibility index (Phi) is 2.89. The summed E-state index contributed by atoms with van der Waals surface area (Å²) in [7, 11) is 1.97. The normalized spacial score (nSPS) is 11.0. The third kappa shape index (κ3) is 1.99. The highest BCUT2D eigenvalue weighted by molar-refractivity contribution is 9.10. The van der Waals surface area contributed by atoms with Crippen molar-refractivity contribution in [3.63, 3.8) is 0 Å². The molecule has 0 atom stereocenters. The lowest BCUT2D eigenvalue weighted by atomic mass is 10.2. The standard InChI is InChI=1S/C11H13BrN2/c1-13-5-4-10-7-8-6-9(12)2-3-11(8)14-10/h2-3,6-7,13-14H,4-5H2,1H3. The zero-order valence-electron chi connectivity index (χ0n) is 8.10. The first-order valence-corrected chi connectivity index (χ1v) is 5.50. The summed E-state index contributed by atoms with van der Waals surface area (Å²) in [5.74, 6) is 0. The fourth-order valence-electron chi connectivity index (χ4n) is 1.56. The number of aromatic amines is 1. The number of halogens is 1. The first kappa shape index (κ1) is 9.74. The Hall–Kier alpha value is -0.800. The van der Waals surface area contributed by atoms with E-state index in [1.807, 2.05) is 7.05 Å². The van der Waals surface area contributed by atoms with Crippen LogP contribution in [0.15, 0.2) is 28.7 Å². The van der Waals surface area contributed by atoms with Crippen LogP contribution in [-0.2, 0) is 6.42 Å². The van der Waals surface area contributed by atoms with Crippen molar-refractivity contribution in [3.05, 3.63) is 34.4 Å². The fourth-order valence-corrected chi connectivity index (χ4v) is 1.94. The van der Waals surface area contributed by atoms with E-state index in [0.717, 1.165) is 17.4 Å². The topological polar surface area (TPSA) is 27.8 Å². The van der Waals surface area contributed by atoms with E-state index >= 15 is 0 Å². The molecule has 1 heterocycles. The number of rotatable bonds is 3. The maximum absolute atomic E-state index is 3.47. The summed E-state index contributed by atoms with van der Waals surface area (Å²) in [5.41, 5.74) is 2.49. The van der Waals surface area contributed by atoms with Gasteiger partial charge in [0.25, 0.3) is 0 Å². The minimum absolute atomic E-state index is 1.01. The van der Waals surface area contributed by atoms with Crippen molar-refractivity contribution in [1.82, 2.24) is 10.3 Å². The zero-order valence-corrected chi connectivity index (χ0v) is 9.69. The average Bonchev–Trinajstić information content (AvgIpc) is 2.56. The van der Waals surface area contributed by atoms with Crippen molar-refractivity contribution in [2.45, 2.75) is 6.42 Å². The van der Waals surface area contributed by atoms with Crippen LogP contribution in [0.3, 0.4) is 0 Å². The fraction of sp³-hybridized carbons (Fsp3) is 0.273. The molecule has 0 saturated carbocycles. The molecule has 2 aromatic rings. The Labute approximate surface area is 91.8 Å². The highest BCUT2D eigenvalue weighted by Crippen LogP contribution is 2.20. The Bertz CT molecular complexity index is 434. The highest BCUT2D eigenvalue weighted by atomic mass is 79.9. The summed E-state index contributed by atoms with van der Waals surface area (Å²) in [4.78, 5) is 3.40. The van der Waals surface area contributed by atoms with Gasteiger partial charge in [-0.2, -0.15) is 0 Å². The Morgan fingerprint density at radius 1 is 1.36 bits per heavy atom. The molecule has 2 N–H and O–H groups in total. The van der Waals surface area contributed by atoms with Crippen molar-refractivity contribution in [2.75, 3.05) is 13.6 Å². The number of aromatic nitrogens is 1. The summed E-state index contributed by atoms with van der Waals surface area (Å²) in [6.07, 6.45) is 1.04. The number of benzene rings is 1. The molecule has 0 bridgehead atoms. The number of nitrogens with one attached hydrogen (secondary N) is 2. The lowest BCUT2D eigenvalue weighted by molar-refractivity contribution is 0.781. The maximum Gasteiger partial charge on any atom is 0.0456 e. The van der Waals surface area contributed by atoms with Crippen molar-refractivity contribution in [1.29, 1.82) is 0 Å². The molecule has 2 nitrogen and oxygen atoms in total. The van der Waals surface area contributed by atoms with Gasteiger partial charge in [-0.25, -0.2) is 0 Å². The van der Waals surface area contributed by atoms with Gasteiger partial charge in [0.1, 0.15) is 0 Å². The van der Waals surface area contributed by atoms with Gasteiger partial charge in [0, 0.05) is 27.6 Å². The van der Waals surface area contributed by atoms with E-state index in [-0.39, 0.29) is 0 Å². The maximum atomic E-state index is 3.47. The first-order valence-electron chi connectivity index (χ1n) is 4.71. The quantitative estimate of drug-likeness (QED) is 0.864. The second-order valence-electron chi connectivity index (χ2n) is 3.38. The molecule has 0 aliphatic heterocycles. The van der Waals surface area contributed by atoms with Crippen LogP contribution in [0.4, 0.5) is 0 Å². The Morgan fingerprint density at radius 3 is 3.00 bits per heavy atom. The molecule has 74 valence electrons. The van der Waals surface area contributed by atoms with E-state index in [2.05, 4.69) is 50.5 Å². The third-order valence-electron chi connectivity index (χ3n) is 2.28. The van der Waals surface area contributed by atoms with E-state index in [4.69, 9.17) is 0 Å². The summed E-state index contributed by atoms with van der Waals surface area (Å²) >= 11 is 3.47. The number of H-pyrrole nitrogens is 1. The molecular formula is C11H13BrN2. The van der Waals surface area contributed by atoms with E-state index in [1.165, 1.54) is 16.6 Å². The second kappa shape index (κ2) is 4.15. The number of likely N-dealkylation sites (N-methyl/N-ethyl adjacent to an activating group) is 1. The minimum atomic E-state index is 1.01. The molecule has 14 heavy (non-hydrogen) atoms. The van der Waals surface area contributed by atoms with Crippen molar-refractivity contribution in [2.24, 2.45) is 0 Å². The SMILES string of the molecule is CNCCc1cc2cc(Br)ccc2[nH]1. The molecule has 0 saturated heterocycles. The van der Waals surface area contributed by atoms with E-state index in [1.54, 1.807) is 0 Å². The van der Waals surface area contributed by atoms with Crippen LogP contribution in [-0.4, -0.2) is 18.6 Å². The zero-order chi connectivity index (χ0) is 9.97. The molecule has 0 aliphatic rings. The van der Waals surface area contributed by atoms with Crippen LogP contribution in [0.1, 0.15) is 5.69 Å². The predicted molar refractivity (Wildman–Crippen MR) is 63.6 cm³/mol. The van der Waals surface area contributed by atoms with Crippen LogP contribution < -0.4 is 5.32 Å². The molecular weight excluding hydrogens is 240 g/mol. The summed E-state index contributed by atoms with van der Waals surface area (Å²) in [6, 6.07) is 8.50. The van der Waals surface area contributed by atoms with E-state index < -0.39 is 0 Å². The number of hydrogen-bond donors (Lipinski definition) is 2. The summed E-state index contributed by atoms with van der Waals surface area (Å²) in [5, 5.41) is 4.41. The molecule has 0 radical (unpaired) electrons. The van der Waals surface area contributed by atoms with Gasteiger partial charge in [0.15, 0.2) is 0 Å². The van der Waals surface area contributed by atoms with Gasteiger partial charge in [0.2, 0.25) is 0 Å². The second-order valence-corrected chi connectivity index (χ2v) is 4.30. The van der Waals surface area contributed by atoms with Crippen molar-refractivity contribution in [3.8, 4) is 0 Å². The molecule has 2 rings (SSSR count). The number of fused-ring (bicyclic) bond motifs is 1. The molecule has 0 unspecified atom stereocenters. The largest absolute Gasteiger partial charge is 0.358 e. The van der Waals surface area contributed by atoms with Crippen molar-refractivity contribution < 1.29 is 0 Å². The van der Waals surface area contributed by atoms with E-state index in [0.29, 0.717) is 0 Å². The van der Waals surface area contributed by atoms with Crippen molar-refractivity contribution >= 4 is 26.8 Å². The molecule has 0 aliphatic carbocycles. The third-order valence-corrected chi connectivity index (χ3v) is 2.78. The molecule has 1 aromatic heterocycles. The minimum Gasteiger partial charge on any atom is -0.358 e. The van der Waals surface area contributed by atoms with Gasteiger partial charge in [-0.3, -0.25) is 0 Å². The van der Waals surface area contributed by atoms with Crippen LogP contribution in [0.25, 0.3) is 10.9 Å². The highest BCUT2D eigenvalue weighted by Gasteiger charge is 2.00. The Balaban J connectivity index is 2.32. The summed E-state index contributed by atoms with van der Waals surface area (Å²) in [6.45, 7) is 1.01.